The van der Waals surface area contributed by atoms with E-state index in [0.717, 1.165) is 61.8 Å². The molecule has 4 rings (SSSR count). The van der Waals surface area contributed by atoms with Crippen molar-refractivity contribution >= 4 is 17.4 Å². The average Bonchev–Trinajstić information content (AvgIpc) is 2.75. The topological polar surface area (TPSA) is 82.2 Å². The molecule has 2 aliphatic rings. The first-order valence-electron chi connectivity index (χ1n) is 10.2. The fraction of sp³-hybridized carbons (Fsp3) is 0.476. The number of nitrogens with zero attached hydrogens (tertiary/aromatic N) is 3. The molecule has 0 spiro atoms. The second-order valence-corrected chi connectivity index (χ2v) is 7.62. The predicted octanol–water partition coefficient (Wildman–Crippen LogP) is 2.12. The van der Waals surface area contributed by atoms with Crippen LogP contribution in [-0.2, 0) is 17.8 Å². The Balaban J connectivity index is 1.46. The summed E-state index contributed by atoms with van der Waals surface area (Å²) in [5, 5.41) is 9.26. The molecule has 1 amide bonds. The number of amides is 1. The second-order valence-electron chi connectivity index (χ2n) is 7.62. The summed E-state index contributed by atoms with van der Waals surface area (Å²) in [4.78, 5) is 24.1. The van der Waals surface area contributed by atoms with Crippen LogP contribution in [0.3, 0.4) is 0 Å². The van der Waals surface area contributed by atoms with Gasteiger partial charge in [0.2, 0.25) is 5.91 Å². The molecule has 0 bridgehead atoms. The van der Waals surface area contributed by atoms with Gasteiger partial charge in [-0.1, -0.05) is 12.1 Å². The van der Waals surface area contributed by atoms with Crippen LogP contribution in [0.25, 0.3) is 0 Å². The van der Waals surface area contributed by atoms with Crippen LogP contribution in [0.4, 0.5) is 15.9 Å². The van der Waals surface area contributed by atoms with E-state index in [9.17, 15) is 9.18 Å². The van der Waals surface area contributed by atoms with E-state index >= 15 is 0 Å². The maximum Gasteiger partial charge on any atom is 0.238 e. The molecule has 8 heteroatoms. The van der Waals surface area contributed by atoms with Gasteiger partial charge in [-0.2, -0.15) is 0 Å². The van der Waals surface area contributed by atoms with Crippen LogP contribution >= 0.6 is 0 Å². The second kappa shape index (κ2) is 8.84. The molecule has 7 nitrogen and oxygen atoms in total. The van der Waals surface area contributed by atoms with Gasteiger partial charge in [-0.05, 0) is 44.5 Å². The maximum absolute atomic E-state index is 13.8. The van der Waals surface area contributed by atoms with E-state index in [1.165, 1.54) is 6.07 Å². The Morgan fingerprint density at radius 3 is 2.83 bits per heavy atom. The third-order valence-electron chi connectivity index (χ3n) is 5.62. The maximum atomic E-state index is 13.8. The minimum atomic E-state index is -0.428. The monoisotopic (exact) mass is 398 g/mol. The number of fused-ring (bicyclic) bond motifs is 1. The zero-order chi connectivity index (χ0) is 20.2. The van der Waals surface area contributed by atoms with Gasteiger partial charge in [0.15, 0.2) is 0 Å². The Morgan fingerprint density at radius 1 is 1.28 bits per heavy atom. The van der Waals surface area contributed by atoms with E-state index in [2.05, 4.69) is 20.9 Å². The van der Waals surface area contributed by atoms with Gasteiger partial charge in [-0.3, -0.25) is 9.69 Å². The summed E-state index contributed by atoms with van der Waals surface area (Å²) in [5.74, 6) is 1.52. The molecule has 0 radical (unpaired) electrons. The normalized spacial score (nSPS) is 17.6. The average molecular weight is 398 g/mol. The van der Waals surface area contributed by atoms with Gasteiger partial charge in [0.25, 0.3) is 0 Å². The summed E-state index contributed by atoms with van der Waals surface area (Å²) in [6.07, 6.45) is 2.86. The highest BCUT2D eigenvalue weighted by molar-refractivity contribution is 5.92. The lowest BCUT2D eigenvalue weighted by Gasteiger charge is -2.30. The number of carbonyl (C=O) groups excluding carboxylic acids is 1. The zero-order valence-corrected chi connectivity index (χ0v) is 16.7. The number of para-hydroxylation sites is 1. The number of aromatic nitrogens is 2. The smallest absolute Gasteiger partial charge is 0.238 e. The fourth-order valence-electron chi connectivity index (χ4n) is 4.06. The summed E-state index contributed by atoms with van der Waals surface area (Å²) in [6, 6.07) is 6.21. The van der Waals surface area contributed by atoms with Crippen LogP contribution < -0.4 is 16.0 Å². The minimum Gasteiger partial charge on any atom is -0.373 e. The minimum absolute atomic E-state index is 0.204. The van der Waals surface area contributed by atoms with Gasteiger partial charge in [0.1, 0.15) is 17.5 Å². The largest absolute Gasteiger partial charge is 0.373 e. The molecule has 1 aromatic carbocycles. The van der Waals surface area contributed by atoms with Crippen molar-refractivity contribution in [3.63, 3.8) is 0 Å². The summed E-state index contributed by atoms with van der Waals surface area (Å²) in [5.41, 5.74) is 2.33. The van der Waals surface area contributed by atoms with Crippen LogP contribution in [0.2, 0.25) is 0 Å². The van der Waals surface area contributed by atoms with E-state index in [0.29, 0.717) is 12.5 Å². The summed E-state index contributed by atoms with van der Waals surface area (Å²) in [6.45, 7) is 3.51. The van der Waals surface area contributed by atoms with E-state index in [1.807, 2.05) is 7.05 Å². The van der Waals surface area contributed by atoms with E-state index in [1.54, 1.807) is 18.2 Å². The standard InChI is InChI=1S/C21H27FN6O/c1-23-21-15-8-11-28(13-19(29)25-17-5-3-2-4-16(17)22)12-18(15)26-20(27-21)14-6-9-24-10-7-14/h2-5,14,24H,6-13H2,1H3,(H,25,29)(H,23,26,27). The molecule has 1 saturated heterocycles. The van der Waals surface area contributed by atoms with E-state index in [4.69, 9.17) is 9.97 Å². The Labute approximate surface area is 170 Å². The Hall–Kier alpha value is -2.58. The quantitative estimate of drug-likeness (QED) is 0.716. The molecule has 1 fully saturated rings. The number of hydrogen-bond acceptors (Lipinski definition) is 6. The molecule has 0 aliphatic carbocycles. The molecule has 3 N–H and O–H groups in total. The first-order valence-corrected chi connectivity index (χ1v) is 10.2. The summed E-state index contributed by atoms with van der Waals surface area (Å²) in [7, 11) is 1.89. The molecule has 0 saturated carbocycles. The summed E-state index contributed by atoms with van der Waals surface area (Å²) < 4.78 is 13.8. The molecule has 1 aromatic heterocycles. The lowest BCUT2D eigenvalue weighted by molar-refractivity contribution is -0.117. The van der Waals surface area contributed by atoms with Crippen LogP contribution in [0.5, 0.6) is 0 Å². The Morgan fingerprint density at radius 2 is 2.07 bits per heavy atom. The van der Waals surface area contributed by atoms with Gasteiger partial charge in [-0.25, -0.2) is 14.4 Å². The Bertz CT molecular complexity index is 883. The van der Waals surface area contributed by atoms with Crippen molar-refractivity contribution < 1.29 is 9.18 Å². The third-order valence-corrected chi connectivity index (χ3v) is 5.62. The van der Waals surface area contributed by atoms with Crippen molar-refractivity contribution in [2.24, 2.45) is 0 Å². The number of nitrogens with one attached hydrogen (secondary N) is 3. The van der Waals surface area contributed by atoms with Crippen molar-refractivity contribution in [3.05, 3.63) is 47.2 Å². The van der Waals surface area contributed by atoms with E-state index in [-0.39, 0.29) is 18.1 Å². The molecule has 2 aromatic rings. The SMILES string of the molecule is CNc1nc(C2CCNCC2)nc2c1CCN(CC(=O)Nc1ccccc1F)C2. The fourth-order valence-corrected chi connectivity index (χ4v) is 4.06. The molecule has 0 atom stereocenters. The van der Waals surface area contributed by atoms with Crippen molar-refractivity contribution in [3.8, 4) is 0 Å². The first-order chi connectivity index (χ1) is 14.1. The number of benzene rings is 1. The van der Waals surface area contributed by atoms with Crippen LogP contribution in [0, 0.1) is 5.82 Å². The van der Waals surface area contributed by atoms with Crippen molar-refractivity contribution in [1.29, 1.82) is 0 Å². The summed E-state index contributed by atoms with van der Waals surface area (Å²) >= 11 is 0. The molecule has 2 aliphatic heterocycles. The van der Waals surface area contributed by atoms with Gasteiger partial charge in [0, 0.05) is 31.6 Å². The van der Waals surface area contributed by atoms with E-state index < -0.39 is 5.82 Å². The number of piperidine rings is 1. The first kappa shape index (κ1) is 19.7. The highest BCUT2D eigenvalue weighted by Crippen LogP contribution is 2.29. The number of carbonyl (C=O) groups is 1. The van der Waals surface area contributed by atoms with Gasteiger partial charge in [0.05, 0.1) is 17.9 Å². The molecular formula is C21H27FN6O. The van der Waals surface area contributed by atoms with Crippen LogP contribution in [0.1, 0.15) is 35.8 Å². The molecule has 29 heavy (non-hydrogen) atoms. The lowest BCUT2D eigenvalue weighted by atomic mass is 9.96. The molecule has 0 unspecified atom stereocenters. The number of anilines is 2. The van der Waals surface area contributed by atoms with Crippen molar-refractivity contribution in [2.45, 2.75) is 31.7 Å². The molecule has 3 heterocycles. The Kier molecular flexibility index (Phi) is 6.01. The predicted molar refractivity (Wildman–Crippen MR) is 110 cm³/mol. The number of halogens is 1. The molecule has 154 valence electrons. The van der Waals surface area contributed by atoms with Gasteiger partial charge in [-0.15, -0.1) is 0 Å². The van der Waals surface area contributed by atoms with Gasteiger partial charge < -0.3 is 16.0 Å². The third kappa shape index (κ3) is 4.54. The van der Waals surface area contributed by atoms with Crippen molar-refractivity contribution in [2.75, 3.05) is 43.9 Å². The highest BCUT2D eigenvalue weighted by Gasteiger charge is 2.26. The van der Waals surface area contributed by atoms with Crippen LogP contribution in [-0.4, -0.2) is 54.0 Å². The number of hydrogen-bond donors (Lipinski definition) is 3. The van der Waals surface area contributed by atoms with Crippen LogP contribution in [0.15, 0.2) is 24.3 Å². The highest BCUT2D eigenvalue weighted by atomic mass is 19.1. The molecular weight excluding hydrogens is 371 g/mol. The van der Waals surface area contributed by atoms with Crippen molar-refractivity contribution in [1.82, 2.24) is 20.2 Å². The lowest BCUT2D eigenvalue weighted by Crippen LogP contribution is -2.38. The van der Waals surface area contributed by atoms with Gasteiger partial charge >= 0.3 is 0 Å². The zero-order valence-electron chi connectivity index (χ0n) is 16.7. The number of rotatable bonds is 5.